The summed E-state index contributed by atoms with van der Waals surface area (Å²) in [6, 6.07) is 8.91. The number of alkyl halides is 3. The van der Waals surface area contributed by atoms with Crippen LogP contribution in [0.2, 0.25) is 0 Å². The van der Waals surface area contributed by atoms with Crippen LogP contribution in [0.15, 0.2) is 47.1 Å². The van der Waals surface area contributed by atoms with Crippen molar-refractivity contribution in [2.75, 3.05) is 0 Å². The highest BCUT2D eigenvalue weighted by atomic mass is 19.4. The zero-order chi connectivity index (χ0) is 20.9. The Morgan fingerprint density at radius 1 is 1.24 bits per heavy atom. The number of carbonyl (C=O) groups excluding carboxylic acids is 2. The van der Waals surface area contributed by atoms with E-state index in [0.717, 1.165) is 5.76 Å². The molecule has 6 nitrogen and oxygen atoms in total. The average Bonchev–Trinajstić information content (AvgIpc) is 3.28. The fourth-order valence-electron chi connectivity index (χ4n) is 3.38. The Hall–Kier alpha value is -2.97. The monoisotopic (exact) mass is 410 g/mol. The van der Waals surface area contributed by atoms with Gasteiger partial charge in [0.05, 0.1) is 6.26 Å². The molecule has 9 heteroatoms. The predicted octanol–water partition coefficient (Wildman–Crippen LogP) is 3.47. The third-order valence-corrected chi connectivity index (χ3v) is 4.81. The number of furan rings is 1. The highest BCUT2D eigenvalue weighted by Crippen LogP contribution is 2.29. The summed E-state index contributed by atoms with van der Waals surface area (Å²) in [5, 5.41) is 5.71. The molecule has 1 unspecified atom stereocenters. The lowest BCUT2D eigenvalue weighted by molar-refractivity contribution is -0.274. The average molecular weight is 410 g/mol. The molecule has 0 aliphatic carbocycles. The van der Waals surface area contributed by atoms with E-state index < -0.39 is 11.9 Å². The number of ether oxygens (including phenoxy) is 1. The standard InChI is InChI=1S/C20H21F3N2O4/c21-20(22,23)29-15-5-3-14(4-6-15)13-24-17(26)7-9-19(10-8-18(27)25-19)12-16-2-1-11-28-16/h1-6,11H,7-10,12-13H2,(H,24,26)(H,25,27). The van der Waals surface area contributed by atoms with Crippen molar-refractivity contribution in [1.82, 2.24) is 10.6 Å². The van der Waals surface area contributed by atoms with Crippen LogP contribution in [0.1, 0.15) is 37.0 Å². The van der Waals surface area contributed by atoms with Crippen LogP contribution in [0.4, 0.5) is 13.2 Å². The van der Waals surface area contributed by atoms with E-state index in [-0.39, 0.29) is 30.5 Å². The van der Waals surface area contributed by atoms with Gasteiger partial charge in [-0.05, 0) is 42.7 Å². The summed E-state index contributed by atoms with van der Waals surface area (Å²) in [4.78, 5) is 24.0. The summed E-state index contributed by atoms with van der Waals surface area (Å²) in [5.74, 6) is 0.178. The number of benzene rings is 1. The van der Waals surface area contributed by atoms with E-state index in [1.54, 1.807) is 12.3 Å². The molecule has 1 atom stereocenters. The van der Waals surface area contributed by atoms with Crippen molar-refractivity contribution in [3.05, 3.63) is 54.0 Å². The second kappa shape index (κ2) is 8.59. The van der Waals surface area contributed by atoms with E-state index in [2.05, 4.69) is 15.4 Å². The van der Waals surface area contributed by atoms with Gasteiger partial charge < -0.3 is 19.8 Å². The molecule has 0 bridgehead atoms. The molecule has 2 amide bonds. The van der Waals surface area contributed by atoms with Gasteiger partial charge in [0.1, 0.15) is 11.5 Å². The van der Waals surface area contributed by atoms with Crippen LogP contribution >= 0.6 is 0 Å². The van der Waals surface area contributed by atoms with E-state index in [1.165, 1.54) is 24.3 Å². The van der Waals surface area contributed by atoms with Crippen molar-refractivity contribution in [1.29, 1.82) is 0 Å². The van der Waals surface area contributed by atoms with Crippen LogP contribution in [0, 0.1) is 0 Å². The summed E-state index contributed by atoms with van der Waals surface area (Å²) in [7, 11) is 0. The number of nitrogens with one attached hydrogen (secondary N) is 2. The van der Waals surface area contributed by atoms with Crippen molar-refractivity contribution in [2.45, 2.75) is 50.6 Å². The zero-order valence-electron chi connectivity index (χ0n) is 15.6. The second-order valence-electron chi connectivity index (χ2n) is 7.05. The number of halogens is 3. The minimum Gasteiger partial charge on any atom is -0.469 e. The smallest absolute Gasteiger partial charge is 0.469 e. The summed E-state index contributed by atoms with van der Waals surface area (Å²) >= 11 is 0. The number of rotatable bonds is 8. The van der Waals surface area contributed by atoms with Crippen molar-refractivity contribution in [3.8, 4) is 5.75 Å². The van der Waals surface area contributed by atoms with Crippen LogP contribution in [-0.4, -0.2) is 23.7 Å². The maximum Gasteiger partial charge on any atom is 0.573 e. The Balaban J connectivity index is 1.49. The number of hydrogen-bond acceptors (Lipinski definition) is 4. The van der Waals surface area contributed by atoms with Crippen LogP contribution < -0.4 is 15.4 Å². The first-order valence-corrected chi connectivity index (χ1v) is 9.18. The fourth-order valence-corrected chi connectivity index (χ4v) is 3.38. The van der Waals surface area contributed by atoms with Gasteiger partial charge in [-0.3, -0.25) is 9.59 Å². The van der Waals surface area contributed by atoms with Crippen LogP contribution in [0.25, 0.3) is 0 Å². The van der Waals surface area contributed by atoms with E-state index in [9.17, 15) is 22.8 Å². The molecular formula is C20H21F3N2O4. The first kappa shape index (κ1) is 20.8. The van der Waals surface area contributed by atoms with Gasteiger partial charge in [-0.25, -0.2) is 0 Å². The van der Waals surface area contributed by atoms with E-state index in [4.69, 9.17) is 4.42 Å². The summed E-state index contributed by atoms with van der Waals surface area (Å²) < 4.78 is 45.7. The Labute approximate surface area is 165 Å². The van der Waals surface area contributed by atoms with Crippen LogP contribution in [0.5, 0.6) is 5.75 Å². The van der Waals surface area contributed by atoms with Gasteiger partial charge in [0.2, 0.25) is 11.8 Å². The third-order valence-electron chi connectivity index (χ3n) is 4.81. The number of hydrogen-bond donors (Lipinski definition) is 2. The van der Waals surface area contributed by atoms with Gasteiger partial charge in [-0.1, -0.05) is 12.1 Å². The van der Waals surface area contributed by atoms with E-state index in [1.807, 2.05) is 6.07 Å². The molecular weight excluding hydrogens is 389 g/mol. The Kier molecular flexibility index (Phi) is 6.14. The van der Waals surface area contributed by atoms with Gasteiger partial charge in [0.15, 0.2) is 0 Å². The number of carbonyl (C=O) groups is 2. The molecule has 1 aliphatic rings. The van der Waals surface area contributed by atoms with E-state index >= 15 is 0 Å². The largest absolute Gasteiger partial charge is 0.573 e. The van der Waals surface area contributed by atoms with Crippen molar-refractivity contribution in [3.63, 3.8) is 0 Å². The minimum atomic E-state index is -4.74. The van der Waals surface area contributed by atoms with Crippen molar-refractivity contribution in [2.24, 2.45) is 0 Å². The van der Waals surface area contributed by atoms with Crippen LogP contribution in [-0.2, 0) is 22.6 Å². The molecule has 0 spiro atoms. The molecule has 2 aromatic rings. The Bertz CT molecular complexity index is 834. The first-order chi connectivity index (χ1) is 13.7. The summed E-state index contributed by atoms with van der Waals surface area (Å²) in [6.45, 7) is 0.183. The van der Waals surface area contributed by atoms with Gasteiger partial charge in [-0.15, -0.1) is 13.2 Å². The SMILES string of the molecule is O=C(CCC1(Cc2ccco2)CCC(=O)N1)NCc1ccc(OC(F)(F)F)cc1. The van der Waals surface area contributed by atoms with Gasteiger partial charge in [0, 0.05) is 31.3 Å². The lowest BCUT2D eigenvalue weighted by Gasteiger charge is -2.28. The number of amides is 2. The Morgan fingerprint density at radius 3 is 2.59 bits per heavy atom. The minimum absolute atomic E-state index is 0.0434. The molecule has 0 radical (unpaired) electrons. The topological polar surface area (TPSA) is 80.6 Å². The molecule has 1 aliphatic heterocycles. The lowest BCUT2D eigenvalue weighted by Crippen LogP contribution is -2.44. The molecule has 0 saturated carbocycles. The molecule has 2 heterocycles. The third kappa shape index (κ3) is 6.27. The highest BCUT2D eigenvalue weighted by molar-refractivity contribution is 5.80. The quantitative estimate of drug-likeness (QED) is 0.699. The maximum absolute atomic E-state index is 12.2. The molecule has 1 saturated heterocycles. The highest BCUT2D eigenvalue weighted by Gasteiger charge is 2.38. The molecule has 1 aromatic heterocycles. The Morgan fingerprint density at radius 2 is 2.00 bits per heavy atom. The first-order valence-electron chi connectivity index (χ1n) is 9.18. The van der Waals surface area contributed by atoms with Gasteiger partial charge in [0.25, 0.3) is 0 Å². The molecule has 1 fully saturated rings. The molecule has 156 valence electrons. The molecule has 3 rings (SSSR count). The molecule has 29 heavy (non-hydrogen) atoms. The molecule has 1 aromatic carbocycles. The van der Waals surface area contributed by atoms with Crippen molar-refractivity contribution >= 4 is 11.8 Å². The predicted molar refractivity (Wildman–Crippen MR) is 96.7 cm³/mol. The fraction of sp³-hybridized carbons (Fsp3) is 0.400. The normalized spacial score (nSPS) is 19.1. The summed E-state index contributed by atoms with van der Waals surface area (Å²) in [5.41, 5.74) is 0.135. The maximum atomic E-state index is 12.2. The van der Waals surface area contributed by atoms with Gasteiger partial charge >= 0.3 is 6.36 Å². The zero-order valence-corrected chi connectivity index (χ0v) is 15.6. The molecule has 2 N–H and O–H groups in total. The van der Waals surface area contributed by atoms with Crippen LogP contribution in [0.3, 0.4) is 0 Å². The van der Waals surface area contributed by atoms with Crippen molar-refractivity contribution < 1.29 is 31.9 Å². The van der Waals surface area contributed by atoms with Gasteiger partial charge in [-0.2, -0.15) is 0 Å². The second-order valence-corrected chi connectivity index (χ2v) is 7.05. The summed E-state index contributed by atoms with van der Waals surface area (Å²) in [6.07, 6.45) is -0.955. The van der Waals surface area contributed by atoms with E-state index in [0.29, 0.717) is 31.2 Å². The lowest BCUT2D eigenvalue weighted by atomic mass is 9.87.